The molecule has 0 saturated carbocycles. The number of aliphatic carboxylic acids is 2. The molecule has 202 valence electrons. The van der Waals surface area contributed by atoms with Crippen LogP contribution >= 0.6 is 11.6 Å². The Balaban J connectivity index is 1.84. The number of aromatic nitrogens is 4. The summed E-state index contributed by atoms with van der Waals surface area (Å²) in [5.74, 6) is -6.55. The minimum atomic E-state index is -4.91. The molecule has 0 spiro atoms. The minimum Gasteiger partial charge on any atom is -0.479 e. The van der Waals surface area contributed by atoms with E-state index in [0.717, 1.165) is 24.1 Å². The second-order valence-electron chi connectivity index (χ2n) is 7.53. The normalized spacial score (nSPS) is 15.0. The third-order valence-electron chi connectivity index (χ3n) is 5.20. The summed E-state index contributed by atoms with van der Waals surface area (Å²) in [4.78, 5) is 35.0. The number of aliphatic hydroxyl groups excluding tert-OH is 1. The molecular formula is C19H18ClF4N5O8. The Morgan fingerprint density at radius 3 is 2.43 bits per heavy atom. The summed E-state index contributed by atoms with van der Waals surface area (Å²) in [6.45, 7) is -1.03. The SMILES string of the molecule is CO[C@H](COC(Cc1ccc(C(F)(F)F)o1)(C(=O)O)C(=O)O)[C@@H](O)[C@H](F)n1cnc2c(N)nc(Cl)nc21. The van der Waals surface area contributed by atoms with Crippen LogP contribution in [0.5, 0.6) is 0 Å². The summed E-state index contributed by atoms with van der Waals surface area (Å²) < 4.78 is 68.9. The van der Waals surface area contributed by atoms with Crippen LogP contribution in [-0.2, 0) is 31.7 Å². The number of rotatable bonds is 11. The van der Waals surface area contributed by atoms with Gasteiger partial charge < -0.3 is 34.9 Å². The van der Waals surface area contributed by atoms with Crippen molar-refractivity contribution < 1.29 is 56.4 Å². The maximum absolute atomic E-state index is 15.2. The van der Waals surface area contributed by atoms with E-state index in [9.17, 15) is 38.1 Å². The van der Waals surface area contributed by atoms with E-state index in [1.807, 2.05) is 0 Å². The summed E-state index contributed by atoms with van der Waals surface area (Å²) in [6.07, 6.45) is -11.4. The van der Waals surface area contributed by atoms with Crippen molar-refractivity contribution in [1.29, 1.82) is 0 Å². The lowest BCUT2D eigenvalue weighted by molar-refractivity contribution is -0.193. The summed E-state index contributed by atoms with van der Waals surface area (Å²) in [7, 11) is 0.984. The number of halogens is 5. The van der Waals surface area contributed by atoms with Crippen LogP contribution in [0.25, 0.3) is 11.2 Å². The van der Waals surface area contributed by atoms with Gasteiger partial charge in [0, 0.05) is 7.11 Å². The Morgan fingerprint density at radius 1 is 1.24 bits per heavy atom. The molecule has 3 heterocycles. The van der Waals surface area contributed by atoms with Gasteiger partial charge in [-0.2, -0.15) is 23.1 Å². The van der Waals surface area contributed by atoms with Crippen molar-refractivity contribution in [3.63, 3.8) is 0 Å². The lowest BCUT2D eigenvalue weighted by Crippen LogP contribution is -2.53. The predicted molar refractivity (Wildman–Crippen MR) is 113 cm³/mol. The van der Waals surface area contributed by atoms with Gasteiger partial charge in [0.05, 0.1) is 19.4 Å². The van der Waals surface area contributed by atoms with Gasteiger partial charge in [-0.1, -0.05) is 0 Å². The van der Waals surface area contributed by atoms with Gasteiger partial charge in [0.2, 0.25) is 17.3 Å². The van der Waals surface area contributed by atoms with Crippen LogP contribution in [0.2, 0.25) is 5.28 Å². The maximum Gasteiger partial charge on any atom is 0.449 e. The number of aliphatic hydroxyl groups is 1. The van der Waals surface area contributed by atoms with Gasteiger partial charge in [0.15, 0.2) is 11.5 Å². The van der Waals surface area contributed by atoms with Gasteiger partial charge in [-0.3, -0.25) is 4.57 Å². The molecule has 0 saturated heterocycles. The average molecular weight is 556 g/mol. The molecule has 0 unspecified atom stereocenters. The average Bonchev–Trinajstić information content (AvgIpc) is 3.44. The van der Waals surface area contributed by atoms with Gasteiger partial charge in [0.1, 0.15) is 23.5 Å². The summed E-state index contributed by atoms with van der Waals surface area (Å²) in [6, 6.07) is 1.22. The van der Waals surface area contributed by atoms with Crippen molar-refractivity contribution in [2.75, 3.05) is 19.5 Å². The molecule has 18 heteroatoms. The zero-order valence-electron chi connectivity index (χ0n) is 18.5. The van der Waals surface area contributed by atoms with E-state index in [4.69, 9.17) is 26.8 Å². The number of carbonyl (C=O) groups is 2. The fraction of sp³-hybridized carbons (Fsp3) is 0.421. The van der Waals surface area contributed by atoms with Crippen LogP contribution in [0.1, 0.15) is 17.8 Å². The van der Waals surface area contributed by atoms with E-state index in [0.29, 0.717) is 6.07 Å². The molecule has 37 heavy (non-hydrogen) atoms. The van der Waals surface area contributed by atoms with Gasteiger partial charge in [-0.25, -0.2) is 19.0 Å². The van der Waals surface area contributed by atoms with E-state index in [-0.39, 0.29) is 22.3 Å². The van der Waals surface area contributed by atoms with Crippen LogP contribution in [0.3, 0.4) is 0 Å². The summed E-state index contributed by atoms with van der Waals surface area (Å²) in [5, 5.41) is 29.3. The van der Waals surface area contributed by atoms with Crippen molar-refractivity contribution in [3.8, 4) is 0 Å². The monoisotopic (exact) mass is 555 g/mol. The first-order chi connectivity index (χ1) is 17.2. The molecule has 3 atom stereocenters. The first kappa shape index (κ1) is 28.0. The lowest BCUT2D eigenvalue weighted by Gasteiger charge is -2.29. The molecule has 0 bridgehead atoms. The molecule has 3 rings (SSSR count). The molecule has 0 aliphatic carbocycles. The van der Waals surface area contributed by atoms with Crippen molar-refractivity contribution in [3.05, 3.63) is 35.3 Å². The number of fused-ring (bicyclic) bond motifs is 1. The molecule has 0 radical (unpaired) electrons. The Hall–Kier alpha value is -3.54. The molecular weight excluding hydrogens is 538 g/mol. The predicted octanol–water partition coefficient (Wildman–Crippen LogP) is 1.68. The Morgan fingerprint density at radius 2 is 1.89 bits per heavy atom. The topological polar surface area (TPSA) is 196 Å². The minimum absolute atomic E-state index is 0.0445. The number of carboxylic acid groups (broad SMARTS) is 2. The molecule has 0 fully saturated rings. The van der Waals surface area contributed by atoms with Crippen LogP contribution in [0, 0.1) is 0 Å². The van der Waals surface area contributed by atoms with E-state index < -0.39 is 66.8 Å². The molecule has 5 N–H and O–H groups in total. The smallest absolute Gasteiger partial charge is 0.449 e. The van der Waals surface area contributed by atoms with Crippen LogP contribution in [-0.4, -0.2) is 78.3 Å². The van der Waals surface area contributed by atoms with Crippen molar-refractivity contribution in [2.45, 2.75) is 36.7 Å². The van der Waals surface area contributed by atoms with Crippen molar-refractivity contribution >= 4 is 40.5 Å². The zero-order valence-corrected chi connectivity index (χ0v) is 19.3. The standard InChI is InChI=1S/C19H18ClF4N5O8/c1-35-8(11(30)12(21)29-6-26-10-13(25)27-17(20)28-14(10)29)5-36-18(15(31)32,16(33)34)4-7-2-3-9(37-7)19(22,23)24/h2-3,6,8,11-12,30H,4-5H2,1H3,(H,31,32)(H,33,34)(H2,25,27,28)/t8-,11-,12-/m1/s1. The van der Waals surface area contributed by atoms with E-state index in [2.05, 4.69) is 19.4 Å². The third-order valence-corrected chi connectivity index (χ3v) is 5.37. The fourth-order valence-corrected chi connectivity index (χ4v) is 3.42. The van der Waals surface area contributed by atoms with E-state index >= 15 is 4.39 Å². The molecule has 13 nitrogen and oxygen atoms in total. The van der Waals surface area contributed by atoms with Crippen LogP contribution < -0.4 is 5.73 Å². The number of ether oxygens (including phenoxy) is 2. The fourth-order valence-electron chi connectivity index (χ4n) is 3.25. The highest BCUT2D eigenvalue weighted by atomic mass is 35.5. The van der Waals surface area contributed by atoms with E-state index in [1.54, 1.807) is 0 Å². The second kappa shape index (κ2) is 10.4. The number of imidazole rings is 1. The van der Waals surface area contributed by atoms with Crippen molar-refractivity contribution in [1.82, 2.24) is 19.5 Å². The third kappa shape index (κ3) is 5.58. The molecule has 0 aliphatic heterocycles. The largest absolute Gasteiger partial charge is 0.479 e. The summed E-state index contributed by atoms with van der Waals surface area (Å²) >= 11 is 5.72. The number of carboxylic acids is 2. The number of alkyl halides is 4. The maximum atomic E-state index is 15.2. The Bertz CT molecular complexity index is 1290. The number of hydrogen-bond acceptors (Lipinski definition) is 10. The van der Waals surface area contributed by atoms with E-state index in [1.165, 1.54) is 0 Å². The van der Waals surface area contributed by atoms with Crippen molar-refractivity contribution in [2.24, 2.45) is 0 Å². The number of nitrogens with zero attached hydrogens (tertiary/aromatic N) is 4. The number of nitrogens with two attached hydrogens (primary N) is 1. The number of hydrogen-bond donors (Lipinski definition) is 4. The van der Waals surface area contributed by atoms with Crippen LogP contribution in [0.4, 0.5) is 23.4 Å². The quantitative estimate of drug-likeness (QED) is 0.152. The van der Waals surface area contributed by atoms with Crippen LogP contribution in [0.15, 0.2) is 22.9 Å². The summed E-state index contributed by atoms with van der Waals surface area (Å²) in [5.41, 5.74) is 2.22. The number of nitrogen functional groups attached to an aromatic ring is 1. The molecule has 0 aromatic carbocycles. The van der Waals surface area contributed by atoms with Gasteiger partial charge in [-0.05, 0) is 23.7 Å². The molecule has 0 amide bonds. The van der Waals surface area contributed by atoms with Gasteiger partial charge in [0.25, 0.3) is 5.60 Å². The van der Waals surface area contributed by atoms with Gasteiger partial charge >= 0.3 is 18.1 Å². The molecule has 3 aromatic heterocycles. The first-order valence-electron chi connectivity index (χ1n) is 9.98. The highest BCUT2D eigenvalue weighted by Gasteiger charge is 2.50. The first-order valence-corrected chi connectivity index (χ1v) is 10.4. The highest BCUT2D eigenvalue weighted by molar-refractivity contribution is 6.28. The second-order valence-corrected chi connectivity index (χ2v) is 7.87. The molecule has 3 aromatic rings. The number of anilines is 1. The highest BCUT2D eigenvalue weighted by Crippen LogP contribution is 2.32. The Labute approximate surface area is 208 Å². The Kier molecular flexibility index (Phi) is 7.91. The molecule has 0 aliphatic rings. The van der Waals surface area contributed by atoms with Gasteiger partial charge in [-0.15, -0.1) is 0 Å². The zero-order chi connectivity index (χ0) is 27.7. The number of furan rings is 1. The lowest BCUT2D eigenvalue weighted by atomic mass is 9.98. The number of methoxy groups -OCH3 is 1.